The Hall–Kier alpha value is -0.850. The van der Waals surface area contributed by atoms with Crippen LogP contribution in [0.15, 0.2) is 0 Å². The van der Waals surface area contributed by atoms with E-state index in [0.717, 1.165) is 32.4 Å². The van der Waals surface area contributed by atoms with Crippen molar-refractivity contribution in [1.82, 2.24) is 15.5 Å². The largest absolute Gasteiger partial charge is 0.384 e. The van der Waals surface area contributed by atoms with E-state index < -0.39 is 0 Å². The smallest absolute Gasteiger partial charge is 0.242 e. The number of amides is 2. The van der Waals surface area contributed by atoms with Crippen LogP contribution in [0.1, 0.15) is 39.0 Å². The molecule has 0 radical (unpaired) electrons. The minimum absolute atomic E-state index is 0. The lowest BCUT2D eigenvalue weighted by Crippen LogP contribution is -2.52. The Kier molecular flexibility index (Phi) is 8.29. The van der Waals surface area contributed by atoms with Gasteiger partial charge in [-0.1, -0.05) is 6.92 Å². The highest BCUT2D eigenvalue weighted by atomic mass is 35.5. The molecule has 23 heavy (non-hydrogen) atoms. The number of hydrogen-bond donors (Lipinski definition) is 2. The van der Waals surface area contributed by atoms with Gasteiger partial charge in [0.05, 0.1) is 6.61 Å². The van der Waals surface area contributed by atoms with Gasteiger partial charge in [0, 0.05) is 32.0 Å². The van der Waals surface area contributed by atoms with E-state index in [4.69, 9.17) is 4.74 Å². The summed E-state index contributed by atoms with van der Waals surface area (Å²) in [6, 6.07) is -0.323. The van der Waals surface area contributed by atoms with Crippen molar-refractivity contribution in [3.63, 3.8) is 0 Å². The van der Waals surface area contributed by atoms with Crippen LogP contribution < -0.4 is 10.6 Å². The third-order valence-electron chi connectivity index (χ3n) is 4.93. The lowest BCUT2D eigenvalue weighted by Gasteiger charge is -2.38. The maximum Gasteiger partial charge on any atom is 0.242 e. The standard InChI is InChI=1S/C16H29N3O3.ClH/c1-3-13(19-10-4-5-14(19)20)15(21)18-11-16(12-22-2)6-8-17-9-7-16;/h13,17H,3-12H2,1-2H3,(H,18,21);1H. The molecule has 6 nitrogen and oxygen atoms in total. The average molecular weight is 348 g/mol. The monoisotopic (exact) mass is 347 g/mol. The van der Waals surface area contributed by atoms with E-state index in [0.29, 0.717) is 32.5 Å². The predicted molar refractivity (Wildman–Crippen MR) is 91.7 cm³/mol. The van der Waals surface area contributed by atoms with Gasteiger partial charge in [-0.3, -0.25) is 9.59 Å². The summed E-state index contributed by atoms with van der Waals surface area (Å²) in [6.45, 7) is 5.87. The molecule has 2 heterocycles. The lowest BCUT2D eigenvalue weighted by atomic mass is 9.79. The van der Waals surface area contributed by atoms with Gasteiger partial charge in [0.1, 0.15) is 6.04 Å². The SMILES string of the molecule is CCC(C(=O)NCC1(COC)CCNCC1)N1CCCC1=O.Cl. The first-order valence-electron chi connectivity index (χ1n) is 8.39. The molecule has 2 aliphatic rings. The minimum atomic E-state index is -0.323. The third-order valence-corrected chi connectivity index (χ3v) is 4.93. The molecule has 2 fully saturated rings. The first-order chi connectivity index (χ1) is 10.6. The fraction of sp³-hybridized carbons (Fsp3) is 0.875. The molecule has 1 atom stereocenters. The number of rotatable bonds is 7. The van der Waals surface area contributed by atoms with Crippen molar-refractivity contribution in [2.75, 3.05) is 39.9 Å². The van der Waals surface area contributed by atoms with Crippen molar-refractivity contribution < 1.29 is 14.3 Å². The zero-order valence-electron chi connectivity index (χ0n) is 14.2. The number of piperidine rings is 1. The maximum atomic E-state index is 12.5. The first-order valence-corrected chi connectivity index (χ1v) is 8.39. The van der Waals surface area contributed by atoms with Crippen LogP contribution in [0.25, 0.3) is 0 Å². The number of ether oxygens (including phenoxy) is 1. The number of hydrogen-bond acceptors (Lipinski definition) is 4. The second kappa shape index (κ2) is 9.45. The molecule has 0 aromatic rings. The van der Waals surface area contributed by atoms with Gasteiger partial charge < -0.3 is 20.3 Å². The van der Waals surface area contributed by atoms with Gasteiger partial charge >= 0.3 is 0 Å². The molecule has 0 bridgehead atoms. The van der Waals surface area contributed by atoms with E-state index in [-0.39, 0.29) is 35.7 Å². The molecular weight excluding hydrogens is 318 g/mol. The highest BCUT2D eigenvalue weighted by Gasteiger charge is 2.35. The quantitative estimate of drug-likeness (QED) is 0.719. The van der Waals surface area contributed by atoms with Crippen molar-refractivity contribution >= 4 is 24.2 Å². The summed E-state index contributed by atoms with van der Waals surface area (Å²) in [4.78, 5) is 26.1. The van der Waals surface area contributed by atoms with Gasteiger partial charge in [-0.25, -0.2) is 0 Å². The molecule has 1 unspecified atom stereocenters. The van der Waals surface area contributed by atoms with Crippen molar-refractivity contribution in [2.45, 2.75) is 45.1 Å². The predicted octanol–water partition coefficient (Wildman–Crippen LogP) is 0.942. The Labute approximate surface area is 145 Å². The molecule has 2 saturated heterocycles. The Balaban J connectivity index is 0.00000264. The Morgan fingerprint density at radius 2 is 2.13 bits per heavy atom. The second-order valence-corrected chi connectivity index (χ2v) is 6.52. The van der Waals surface area contributed by atoms with Crippen LogP contribution in [-0.2, 0) is 14.3 Å². The van der Waals surface area contributed by atoms with Crippen molar-refractivity contribution in [3.8, 4) is 0 Å². The number of nitrogens with zero attached hydrogens (tertiary/aromatic N) is 1. The van der Waals surface area contributed by atoms with Crippen LogP contribution in [0.2, 0.25) is 0 Å². The zero-order valence-corrected chi connectivity index (χ0v) is 15.0. The van der Waals surface area contributed by atoms with E-state index in [1.165, 1.54) is 0 Å². The summed E-state index contributed by atoms with van der Waals surface area (Å²) in [5, 5.41) is 6.43. The number of carbonyl (C=O) groups excluding carboxylic acids is 2. The van der Waals surface area contributed by atoms with Crippen molar-refractivity contribution in [1.29, 1.82) is 0 Å². The Morgan fingerprint density at radius 1 is 1.43 bits per heavy atom. The van der Waals surface area contributed by atoms with Crippen LogP contribution in [0.3, 0.4) is 0 Å². The highest BCUT2D eigenvalue weighted by molar-refractivity contribution is 5.88. The van der Waals surface area contributed by atoms with Gasteiger partial charge in [0.2, 0.25) is 11.8 Å². The van der Waals surface area contributed by atoms with E-state index in [1.807, 2.05) is 6.92 Å². The molecule has 0 aromatic heterocycles. The first kappa shape index (κ1) is 20.2. The third kappa shape index (κ3) is 5.06. The Morgan fingerprint density at radius 3 is 2.65 bits per heavy atom. The topological polar surface area (TPSA) is 70.7 Å². The average Bonchev–Trinajstić information content (AvgIpc) is 2.94. The molecule has 7 heteroatoms. The summed E-state index contributed by atoms with van der Waals surface area (Å²) < 4.78 is 5.38. The summed E-state index contributed by atoms with van der Waals surface area (Å²) in [7, 11) is 1.71. The zero-order chi connectivity index (χ0) is 16.0. The van der Waals surface area contributed by atoms with E-state index >= 15 is 0 Å². The molecular formula is C16H30ClN3O3. The highest BCUT2D eigenvalue weighted by Crippen LogP contribution is 2.28. The maximum absolute atomic E-state index is 12.5. The van der Waals surface area contributed by atoms with Crippen molar-refractivity contribution in [3.05, 3.63) is 0 Å². The molecule has 2 amide bonds. The molecule has 2 aliphatic heterocycles. The molecule has 0 aromatic carbocycles. The van der Waals surface area contributed by atoms with Crippen LogP contribution in [-0.4, -0.2) is 62.7 Å². The summed E-state index contributed by atoms with van der Waals surface area (Å²) in [6.07, 6.45) is 4.10. The number of methoxy groups -OCH3 is 1. The Bertz CT molecular complexity index is 395. The van der Waals surface area contributed by atoms with Crippen LogP contribution in [0.4, 0.5) is 0 Å². The van der Waals surface area contributed by atoms with Crippen LogP contribution >= 0.6 is 12.4 Å². The number of likely N-dealkylation sites (tertiary alicyclic amines) is 1. The van der Waals surface area contributed by atoms with Crippen LogP contribution in [0.5, 0.6) is 0 Å². The summed E-state index contributed by atoms with van der Waals surface area (Å²) in [5.41, 5.74) is 0.0168. The van der Waals surface area contributed by atoms with Crippen LogP contribution in [0, 0.1) is 5.41 Å². The molecule has 2 rings (SSSR count). The van der Waals surface area contributed by atoms with E-state index in [1.54, 1.807) is 12.0 Å². The van der Waals surface area contributed by atoms with Gasteiger partial charge in [-0.05, 0) is 38.8 Å². The fourth-order valence-corrected chi connectivity index (χ4v) is 3.57. The molecule has 0 saturated carbocycles. The van der Waals surface area contributed by atoms with E-state index in [2.05, 4.69) is 10.6 Å². The molecule has 0 aliphatic carbocycles. The summed E-state index contributed by atoms with van der Waals surface area (Å²) >= 11 is 0. The molecule has 2 N–H and O–H groups in total. The van der Waals surface area contributed by atoms with Gasteiger partial charge in [0.15, 0.2) is 0 Å². The minimum Gasteiger partial charge on any atom is -0.384 e. The van der Waals surface area contributed by atoms with Crippen molar-refractivity contribution in [2.24, 2.45) is 5.41 Å². The van der Waals surface area contributed by atoms with Gasteiger partial charge in [-0.15, -0.1) is 12.4 Å². The molecule has 134 valence electrons. The number of carbonyl (C=O) groups is 2. The number of halogens is 1. The fourth-order valence-electron chi connectivity index (χ4n) is 3.57. The second-order valence-electron chi connectivity index (χ2n) is 6.52. The van der Waals surface area contributed by atoms with Gasteiger partial charge in [0.25, 0.3) is 0 Å². The van der Waals surface area contributed by atoms with E-state index in [9.17, 15) is 9.59 Å². The molecule has 0 spiro atoms. The normalized spacial score (nSPS) is 21.7. The number of nitrogens with one attached hydrogen (secondary N) is 2. The summed E-state index contributed by atoms with van der Waals surface area (Å²) in [5.74, 6) is 0.0854. The lowest BCUT2D eigenvalue weighted by molar-refractivity contribution is -0.138. The van der Waals surface area contributed by atoms with Gasteiger partial charge in [-0.2, -0.15) is 0 Å².